The van der Waals surface area contributed by atoms with Crippen LogP contribution in [0.2, 0.25) is 0 Å². The molecule has 0 saturated heterocycles. The molecule has 0 unspecified atom stereocenters. The normalized spacial score (nSPS) is 14.9. The number of allylic oxidation sites excluding steroid dienone is 6. The third kappa shape index (κ3) is 1.88. The number of hydrogen-bond donors (Lipinski definition) is 0. The van der Waals surface area contributed by atoms with Crippen molar-refractivity contribution in [2.75, 3.05) is 0 Å². The molecule has 0 spiro atoms. The van der Waals surface area contributed by atoms with Crippen LogP contribution in [0.5, 0.6) is 0 Å². The van der Waals surface area contributed by atoms with Gasteiger partial charge in [0.05, 0.1) is 0 Å². The first-order valence-corrected chi connectivity index (χ1v) is 7.13. The maximum absolute atomic E-state index is 12.3. The van der Waals surface area contributed by atoms with E-state index in [2.05, 4.69) is 12.2 Å². The second-order valence-electron chi connectivity index (χ2n) is 3.84. The average Bonchev–Trinajstić information content (AvgIpc) is 2.57. The van der Waals surface area contributed by atoms with E-state index in [4.69, 9.17) is 0 Å². The molecule has 0 N–H and O–H groups in total. The van der Waals surface area contributed by atoms with Gasteiger partial charge in [-0.3, -0.25) is 0 Å². The van der Waals surface area contributed by atoms with Gasteiger partial charge in [0.2, 0.25) is 0 Å². The van der Waals surface area contributed by atoms with Gasteiger partial charge in [-0.05, 0) is 0 Å². The molecule has 17 heavy (non-hydrogen) atoms. The first-order valence-electron chi connectivity index (χ1n) is 5.51. The van der Waals surface area contributed by atoms with Gasteiger partial charge >= 0.3 is 105 Å². The van der Waals surface area contributed by atoms with E-state index in [1.54, 1.807) is 0 Å². The quantitative estimate of drug-likeness (QED) is 0.739. The SMILES string of the molecule is O=c1c2ccccc2[se]n1C1=CC=CCC=C1. The van der Waals surface area contributed by atoms with Gasteiger partial charge in [0.15, 0.2) is 0 Å². The summed E-state index contributed by atoms with van der Waals surface area (Å²) in [6.07, 6.45) is 11.2. The van der Waals surface area contributed by atoms with Crippen molar-refractivity contribution in [2.24, 2.45) is 0 Å². The molecular formula is C14H11NOSe. The summed E-state index contributed by atoms with van der Waals surface area (Å²) >= 11 is 0.0715. The average molecular weight is 288 g/mol. The zero-order chi connectivity index (χ0) is 11.7. The molecule has 0 atom stereocenters. The van der Waals surface area contributed by atoms with Gasteiger partial charge in [-0.1, -0.05) is 0 Å². The molecule has 3 rings (SSSR count). The zero-order valence-electron chi connectivity index (χ0n) is 9.17. The van der Waals surface area contributed by atoms with Crippen molar-refractivity contribution in [2.45, 2.75) is 6.42 Å². The van der Waals surface area contributed by atoms with Crippen LogP contribution in [0.4, 0.5) is 0 Å². The standard InChI is InChI=1S/C14H11NOSe/c16-14-12-9-5-6-10-13(12)17-15(14)11-7-3-1-2-4-8-11/h1,3-10H,2H2. The molecule has 84 valence electrons. The van der Waals surface area contributed by atoms with E-state index in [1.165, 1.54) is 4.26 Å². The topological polar surface area (TPSA) is 22.0 Å². The Kier molecular flexibility index (Phi) is 2.71. The van der Waals surface area contributed by atoms with E-state index in [-0.39, 0.29) is 20.3 Å². The summed E-state index contributed by atoms with van der Waals surface area (Å²) in [6, 6.07) is 7.88. The Morgan fingerprint density at radius 3 is 2.94 bits per heavy atom. The molecule has 0 radical (unpaired) electrons. The van der Waals surface area contributed by atoms with Gasteiger partial charge in [-0.25, -0.2) is 0 Å². The molecule has 1 aromatic carbocycles. The van der Waals surface area contributed by atoms with E-state index in [0.717, 1.165) is 17.5 Å². The van der Waals surface area contributed by atoms with Crippen molar-refractivity contribution < 1.29 is 0 Å². The first kappa shape index (κ1) is 10.6. The molecule has 0 saturated carbocycles. The van der Waals surface area contributed by atoms with E-state index in [9.17, 15) is 4.79 Å². The second-order valence-corrected chi connectivity index (χ2v) is 5.92. The predicted octanol–water partition coefficient (Wildman–Crippen LogP) is 2.42. The summed E-state index contributed by atoms with van der Waals surface area (Å²) in [4.78, 5) is 12.3. The summed E-state index contributed by atoms with van der Waals surface area (Å²) in [5.41, 5.74) is 1.13. The van der Waals surface area contributed by atoms with Crippen LogP contribution < -0.4 is 5.56 Å². The Balaban J connectivity index is 2.24. The monoisotopic (exact) mass is 289 g/mol. The summed E-state index contributed by atoms with van der Waals surface area (Å²) in [6.45, 7) is 0. The molecule has 3 heteroatoms. The fourth-order valence-electron chi connectivity index (χ4n) is 1.85. The number of nitrogens with zero attached hydrogens (tertiary/aromatic N) is 1. The van der Waals surface area contributed by atoms with Crippen LogP contribution in [0.15, 0.2) is 59.4 Å². The molecular weight excluding hydrogens is 277 g/mol. The number of fused-ring (bicyclic) bond motifs is 1. The van der Waals surface area contributed by atoms with Crippen LogP contribution >= 0.6 is 0 Å². The van der Waals surface area contributed by atoms with Crippen LogP contribution in [0.3, 0.4) is 0 Å². The molecule has 2 nitrogen and oxygen atoms in total. The molecule has 0 bridgehead atoms. The maximum atomic E-state index is 12.3. The van der Waals surface area contributed by atoms with Crippen molar-refractivity contribution >= 4 is 30.1 Å². The zero-order valence-corrected chi connectivity index (χ0v) is 10.9. The fraction of sp³-hybridized carbons (Fsp3) is 0.0714. The first-order chi connectivity index (χ1) is 8.36. The minimum atomic E-state index is 0.0715. The van der Waals surface area contributed by atoms with Gasteiger partial charge in [0.1, 0.15) is 0 Å². The molecule has 0 fully saturated rings. The van der Waals surface area contributed by atoms with Gasteiger partial charge in [0, 0.05) is 0 Å². The van der Waals surface area contributed by atoms with Crippen molar-refractivity contribution in [3.8, 4) is 0 Å². The van der Waals surface area contributed by atoms with Crippen molar-refractivity contribution in [1.29, 1.82) is 0 Å². The van der Waals surface area contributed by atoms with Crippen LogP contribution in [-0.2, 0) is 0 Å². The third-order valence-corrected chi connectivity index (χ3v) is 5.02. The molecule has 1 aliphatic rings. The van der Waals surface area contributed by atoms with Crippen molar-refractivity contribution in [3.63, 3.8) is 0 Å². The summed E-state index contributed by atoms with van der Waals surface area (Å²) in [7, 11) is 0. The fourth-order valence-corrected chi connectivity index (χ4v) is 3.94. The van der Waals surface area contributed by atoms with Gasteiger partial charge in [-0.15, -0.1) is 0 Å². The van der Waals surface area contributed by atoms with Gasteiger partial charge in [0.25, 0.3) is 0 Å². The molecule has 0 aliphatic heterocycles. The minimum absolute atomic E-state index is 0.0715. The number of benzene rings is 1. The van der Waals surface area contributed by atoms with E-state index in [0.29, 0.717) is 0 Å². The number of rotatable bonds is 1. The Labute approximate surface area is 105 Å². The van der Waals surface area contributed by atoms with E-state index >= 15 is 0 Å². The predicted molar refractivity (Wildman–Crippen MR) is 72.3 cm³/mol. The number of hydrogen-bond acceptors (Lipinski definition) is 1. The molecule has 0 amide bonds. The van der Waals surface area contributed by atoms with Crippen LogP contribution in [0.25, 0.3) is 15.3 Å². The second kappa shape index (κ2) is 4.36. The van der Waals surface area contributed by atoms with Crippen LogP contribution in [-0.4, -0.2) is 18.3 Å². The Morgan fingerprint density at radius 1 is 1.18 bits per heavy atom. The number of aromatic nitrogens is 1. The van der Waals surface area contributed by atoms with Gasteiger partial charge in [-0.2, -0.15) is 0 Å². The molecule has 2 aromatic rings. The van der Waals surface area contributed by atoms with Crippen LogP contribution in [0.1, 0.15) is 6.42 Å². The Hall–Kier alpha value is -1.57. The third-order valence-electron chi connectivity index (χ3n) is 2.69. The molecule has 1 aliphatic carbocycles. The Morgan fingerprint density at radius 2 is 2.06 bits per heavy atom. The molecule has 1 heterocycles. The summed E-state index contributed by atoms with van der Waals surface area (Å²) in [5, 5.41) is 0.857. The summed E-state index contributed by atoms with van der Waals surface area (Å²) in [5.74, 6) is 0. The van der Waals surface area contributed by atoms with E-state index < -0.39 is 0 Å². The molecule has 1 aromatic heterocycles. The van der Waals surface area contributed by atoms with Gasteiger partial charge < -0.3 is 0 Å². The van der Waals surface area contributed by atoms with Crippen LogP contribution in [0, 0.1) is 0 Å². The van der Waals surface area contributed by atoms with Crippen molar-refractivity contribution in [1.82, 2.24) is 3.56 Å². The van der Waals surface area contributed by atoms with E-state index in [1.807, 2.05) is 46.1 Å². The van der Waals surface area contributed by atoms with Crippen molar-refractivity contribution in [3.05, 3.63) is 65.0 Å². The summed E-state index contributed by atoms with van der Waals surface area (Å²) < 4.78 is 3.07. The Bertz CT molecular complexity index is 700.